The van der Waals surface area contributed by atoms with Gasteiger partial charge in [-0.05, 0) is 24.1 Å². The lowest BCUT2D eigenvalue weighted by Crippen LogP contribution is -2.05. The summed E-state index contributed by atoms with van der Waals surface area (Å²) in [6.45, 7) is 2.07. The first-order valence-electron chi connectivity index (χ1n) is 4.90. The molecule has 4 heteroatoms. The van der Waals surface area contributed by atoms with E-state index in [9.17, 15) is 0 Å². The van der Waals surface area contributed by atoms with Crippen molar-refractivity contribution in [2.45, 2.75) is 25.2 Å². The average molecular weight is 222 g/mol. The third kappa shape index (κ3) is 2.45. The molecule has 80 valence electrons. The number of ether oxygens (including phenoxy) is 1. The molecule has 0 unspecified atom stereocenters. The van der Waals surface area contributed by atoms with Crippen LogP contribution in [0.5, 0.6) is 5.75 Å². The zero-order chi connectivity index (χ0) is 10.8. The van der Waals surface area contributed by atoms with Crippen molar-refractivity contribution in [2.75, 3.05) is 0 Å². The van der Waals surface area contributed by atoms with Crippen LogP contribution in [-0.4, -0.2) is 11.3 Å². The van der Waals surface area contributed by atoms with Gasteiger partial charge in [0, 0.05) is 12.2 Å². The molecule has 0 saturated carbocycles. The maximum absolute atomic E-state index is 7.14. The van der Waals surface area contributed by atoms with Gasteiger partial charge in [0.25, 0.3) is 0 Å². The molecule has 1 heterocycles. The van der Waals surface area contributed by atoms with Gasteiger partial charge in [0.1, 0.15) is 11.9 Å². The number of hydrogen-bond acceptors (Lipinski definition) is 3. The summed E-state index contributed by atoms with van der Waals surface area (Å²) < 4.78 is 5.61. The molecular formula is C11H14N2OS. The highest BCUT2D eigenvalue weighted by Gasteiger charge is 2.18. The molecule has 1 aromatic rings. The average Bonchev–Trinajstić information content (AvgIpc) is 2.53. The number of benzene rings is 1. The van der Waals surface area contributed by atoms with Crippen LogP contribution in [0.4, 0.5) is 0 Å². The summed E-state index contributed by atoms with van der Waals surface area (Å²) in [5.41, 5.74) is 7.77. The fraction of sp³-hybridized carbons (Fsp3) is 0.364. The van der Waals surface area contributed by atoms with Crippen LogP contribution >= 0.6 is 11.8 Å². The minimum atomic E-state index is 0.167. The second kappa shape index (κ2) is 4.14. The van der Waals surface area contributed by atoms with Crippen molar-refractivity contribution in [3.8, 4) is 5.75 Å². The number of fused-ring (bicyclic) bond motifs is 1. The Balaban J connectivity index is 2.09. The van der Waals surface area contributed by atoms with E-state index in [4.69, 9.17) is 15.9 Å². The van der Waals surface area contributed by atoms with Gasteiger partial charge in [-0.25, -0.2) is 0 Å². The lowest BCUT2D eigenvalue weighted by molar-refractivity contribution is 0.254. The van der Waals surface area contributed by atoms with E-state index in [0.717, 1.165) is 17.9 Å². The van der Waals surface area contributed by atoms with E-state index >= 15 is 0 Å². The zero-order valence-electron chi connectivity index (χ0n) is 8.62. The van der Waals surface area contributed by atoms with Crippen LogP contribution in [0, 0.1) is 5.41 Å². The second-order valence-corrected chi connectivity index (χ2v) is 4.74. The summed E-state index contributed by atoms with van der Waals surface area (Å²) in [6, 6.07) is 6.19. The molecule has 3 N–H and O–H groups in total. The fourth-order valence-electron chi connectivity index (χ4n) is 1.73. The first kappa shape index (κ1) is 10.4. The summed E-state index contributed by atoms with van der Waals surface area (Å²) in [7, 11) is 0. The minimum Gasteiger partial charge on any atom is -0.490 e. The van der Waals surface area contributed by atoms with E-state index in [-0.39, 0.29) is 11.3 Å². The molecule has 0 aromatic heterocycles. The lowest BCUT2D eigenvalue weighted by Gasteiger charge is -2.03. The molecule has 3 nitrogen and oxygen atoms in total. The van der Waals surface area contributed by atoms with Crippen LogP contribution < -0.4 is 10.5 Å². The summed E-state index contributed by atoms with van der Waals surface area (Å²) in [6.07, 6.45) is 1.27. The smallest absolute Gasteiger partial charge is 0.151 e. The Morgan fingerprint density at radius 3 is 3.20 bits per heavy atom. The quantitative estimate of drug-likeness (QED) is 0.595. The standard InChI is InChI=1S/C11H14N2OS/c1-7-4-9-5-8(6-15-11(12)13)2-3-10(9)14-7/h2-3,5,7H,4,6H2,1H3,(H3,12,13)/t7-/m0/s1. The van der Waals surface area contributed by atoms with Crippen molar-refractivity contribution >= 4 is 16.9 Å². The number of amidine groups is 1. The fourth-order valence-corrected chi connectivity index (χ4v) is 2.23. The SMILES string of the molecule is C[C@H]1Cc2cc(CSC(=N)N)ccc2O1. The van der Waals surface area contributed by atoms with Crippen molar-refractivity contribution < 1.29 is 4.74 Å². The van der Waals surface area contributed by atoms with Gasteiger partial charge in [-0.1, -0.05) is 23.9 Å². The van der Waals surface area contributed by atoms with E-state index in [1.54, 1.807) is 0 Å². The van der Waals surface area contributed by atoms with Gasteiger partial charge >= 0.3 is 0 Å². The number of nitrogens with one attached hydrogen (secondary N) is 1. The van der Waals surface area contributed by atoms with Gasteiger partial charge in [-0.2, -0.15) is 0 Å². The van der Waals surface area contributed by atoms with Gasteiger partial charge in [0.15, 0.2) is 5.17 Å². The van der Waals surface area contributed by atoms with Crippen LogP contribution in [0.2, 0.25) is 0 Å². The largest absolute Gasteiger partial charge is 0.490 e. The molecule has 0 radical (unpaired) electrons. The lowest BCUT2D eigenvalue weighted by atomic mass is 10.1. The van der Waals surface area contributed by atoms with Gasteiger partial charge in [-0.3, -0.25) is 5.41 Å². The minimum absolute atomic E-state index is 0.167. The molecule has 0 bridgehead atoms. The van der Waals surface area contributed by atoms with Crippen molar-refractivity contribution in [1.29, 1.82) is 5.41 Å². The Labute approximate surface area is 93.5 Å². The highest BCUT2D eigenvalue weighted by Crippen LogP contribution is 2.30. The summed E-state index contributed by atoms with van der Waals surface area (Å²) in [5.74, 6) is 1.76. The highest BCUT2D eigenvalue weighted by molar-refractivity contribution is 8.13. The molecule has 0 aliphatic carbocycles. The van der Waals surface area contributed by atoms with Crippen LogP contribution in [0.25, 0.3) is 0 Å². The molecule has 15 heavy (non-hydrogen) atoms. The Bertz CT molecular complexity index is 392. The van der Waals surface area contributed by atoms with Crippen molar-refractivity contribution in [1.82, 2.24) is 0 Å². The van der Waals surface area contributed by atoms with Crippen LogP contribution in [0.3, 0.4) is 0 Å². The molecule has 0 fully saturated rings. The van der Waals surface area contributed by atoms with E-state index in [1.807, 2.05) is 12.1 Å². The predicted molar refractivity (Wildman–Crippen MR) is 63.4 cm³/mol. The Morgan fingerprint density at radius 1 is 1.67 bits per heavy atom. The van der Waals surface area contributed by atoms with Crippen LogP contribution in [-0.2, 0) is 12.2 Å². The van der Waals surface area contributed by atoms with E-state index in [1.165, 1.54) is 22.9 Å². The van der Waals surface area contributed by atoms with Gasteiger partial charge < -0.3 is 10.5 Å². The molecule has 1 atom stereocenters. The Kier molecular flexibility index (Phi) is 2.86. The van der Waals surface area contributed by atoms with Gasteiger partial charge in [0.05, 0.1) is 0 Å². The molecule has 1 aliphatic heterocycles. The predicted octanol–water partition coefficient (Wildman–Crippen LogP) is 2.14. The van der Waals surface area contributed by atoms with E-state index in [0.29, 0.717) is 0 Å². The van der Waals surface area contributed by atoms with Gasteiger partial charge in [0.2, 0.25) is 0 Å². The molecular weight excluding hydrogens is 208 g/mol. The number of hydrogen-bond donors (Lipinski definition) is 2. The Morgan fingerprint density at radius 2 is 2.47 bits per heavy atom. The molecule has 0 spiro atoms. The van der Waals surface area contributed by atoms with Crippen molar-refractivity contribution in [3.05, 3.63) is 29.3 Å². The summed E-state index contributed by atoms with van der Waals surface area (Å²) >= 11 is 1.35. The second-order valence-electron chi connectivity index (χ2n) is 3.73. The van der Waals surface area contributed by atoms with Crippen molar-refractivity contribution in [2.24, 2.45) is 5.73 Å². The summed E-state index contributed by atoms with van der Waals surface area (Å²) in [5, 5.41) is 7.31. The third-order valence-electron chi connectivity index (χ3n) is 2.35. The van der Waals surface area contributed by atoms with Gasteiger partial charge in [-0.15, -0.1) is 0 Å². The normalized spacial score (nSPS) is 18.3. The molecule has 0 saturated heterocycles. The molecule has 1 aromatic carbocycles. The van der Waals surface area contributed by atoms with E-state index < -0.39 is 0 Å². The van der Waals surface area contributed by atoms with E-state index in [2.05, 4.69) is 13.0 Å². The maximum atomic E-state index is 7.14. The summed E-state index contributed by atoms with van der Waals surface area (Å²) in [4.78, 5) is 0. The highest BCUT2D eigenvalue weighted by atomic mass is 32.2. The monoisotopic (exact) mass is 222 g/mol. The number of rotatable bonds is 2. The molecule has 0 amide bonds. The van der Waals surface area contributed by atoms with Crippen LogP contribution in [0.1, 0.15) is 18.1 Å². The number of thioether (sulfide) groups is 1. The maximum Gasteiger partial charge on any atom is 0.151 e. The molecule has 1 aliphatic rings. The third-order valence-corrected chi connectivity index (χ3v) is 3.14. The first-order chi connectivity index (χ1) is 7.15. The molecule has 2 rings (SSSR count). The Hall–Kier alpha value is -1.16. The van der Waals surface area contributed by atoms with Crippen LogP contribution in [0.15, 0.2) is 18.2 Å². The zero-order valence-corrected chi connectivity index (χ0v) is 9.43. The van der Waals surface area contributed by atoms with Crippen molar-refractivity contribution in [3.63, 3.8) is 0 Å². The first-order valence-corrected chi connectivity index (χ1v) is 5.89. The topological polar surface area (TPSA) is 59.1 Å². The number of nitrogens with two attached hydrogens (primary N) is 1.